The van der Waals surface area contributed by atoms with Gasteiger partial charge in [-0.05, 0) is 28.1 Å². The average Bonchev–Trinajstić information content (AvgIpc) is 2.70. The van der Waals surface area contributed by atoms with Crippen molar-refractivity contribution < 1.29 is 4.74 Å². The van der Waals surface area contributed by atoms with E-state index in [1.54, 1.807) is 31.5 Å². The molecule has 0 aliphatic carbocycles. The van der Waals surface area contributed by atoms with Gasteiger partial charge in [0.15, 0.2) is 0 Å². The maximum Gasteiger partial charge on any atom is 0.270 e. The summed E-state index contributed by atoms with van der Waals surface area (Å²) in [6.45, 7) is 0. The summed E-state index contributed by atoms with van der Waals surface area (Å²) < 4.78 is 6.88. The van der Waals surface area contributed by atoms with Crippen LogP contribution in [0.1, 0.15) is 11.1 Å². The van der Waals surface area contributed by atoms with E-state index in [0.29, 0.717) is 11.3 Å². The first kappa shape index (κ1) is 19.8. The van der Waals surface area contributed by atoms with Crippen molar-refractivity contribution in [1.29, 1.82) is 5.26 Å². The van der Waals surface area contributed by atoms with E-state index in [4.69, 9.17) is 4.74 Å². The Balaban J connectivity index is 1.92. The summed E-state index contributed by atoms with van der Waals surface area (Å²) in [7, 11) is 1.57. The fourth-order valence-corrected chi connectivity index (χ4v) is 3.66. The first-order valence-corrected chi connectivity index (χ1v) is 9.54. The van der Waals surface area contributed by atoms with E-state index in [1.807, 2.05) is 30.3 Å². The molecule has 0 aliphatic rings. The number of hydrazone groups is 1. The Morgan fingerprint density at radius 3 is 2.68 bits per heavy atom. The maximum atomic E-state index is 12.2. The number of methoxy groups -OCH3 is 1. The molecule has 0 unspecified atom stereocenters. The summed E-state index contributed by atoms with van der Waals surface area (Å²) in [6.07, 6.45) is 1.55. The predicted molar refractivity (Wildman–Crippen MR) is 115 cm³/mol. The molecular formula is C19H13Br2N5O2. The highest BCUT2D eigenvalue weighted by Crippen LogP contribution is 2.30. The quantitative estimate of drug-likeness (QED) is 0.400. The van der Waals surface area contributed by atoms with E-state index in [0.717, 1.165) is 14.5 Å². The number of anilines is 1. The van der Waals surface area contributed by atoms with E-state index in [2.05, 4.69) is 52.4 Å². The van der Waals surface area contributed by atoms with Crippen LogP contribution in [0.25, 0.3) is 11.3 Å². The smallest absolute Gasteiger partial charge is 0.270 e. The van der Waals surface area contributed by atoms with Crippen molar-refractivity contribution in [2.45, 2.75) is 0 Å². The van der Waals surface area contributed by atoms with Crippen LogP contribution in [0.4, 0.5) is 5.95 Å². The molecule has 3 rings (SSSR count). The maximum absolute atomic E-state index is 12.2. The summed E-state index contributed by atoms with van der Waals surface area (Å²) in [5.41, 5.74) is 3.81. The highest BCUT2D eigenvalue weighted by atomic mass is 79.9. The van der Waals surface area contributed by atoms with Crippen molar-refractivity contribution in [2.24, 2.45) is 5.10 Å². The zero-order valence-electron chi connectivity index (χ0n) is 14.5. The minimum absolute atomic E-state index is 0.0545. The molecule has 28 heavy (non-hydrogen) atoms. The molecule has 0 spiro atoms. The van der Waals surface area contributed by atoms with Crippen molar-refractivity contribution in [3.05, 3.63) is 72.9 Å². The lowest BCUT2D eigenvalue weighted by Gasteiger charge is -2.07. The van der Waals surface area contributed by atoms with E-state index in [9.17, 15) is 10.1 Å². The first-order valence-electron chi connectivity index (χ1n) is 7.95. The van der Waals surface area contributed by atoms with Gasteiger partial charge in [-0.15, -0.1) is 0 Å². The Hall–Kier alpha value is -2.96. The Labute approximate surface area is 177 Å². The van der Waals surface area contributed by atoms with Crippen molar-refractivity contribution in [2.75, 3.05) is 12.5 Å². The second-order valence-electron chi connectivity index (χ2n) is 5.49. The topological polar surface area (TPSA) is 103 Å². The van der Waals surface area contributed by atoms with Gasteiger partial charge in [0.1, 0.15) is 17.4 Å². The number of hydrogen-bond donors (Lipinski definition) is 2. The Morgan fingerprint density at radius 2 is 2.00 bits per heavy atom. The second kappa shape index (κ2) is 8.82. The zero-order valence-corrected chi connectivity index (χ0v) is 17.7. The number of halogens is 2. The normalized spacial score (nSPS) is 10.6. The summed E-state index contributed by atoms with van der Waals surface area (Å²) in [5, 5.41) is 13.4. The number of benzene rings is 2. The van der Waals surface area contributed by atoms with Crippen LogP contribution < -0.4 is 15.7 Å². The van der Waals surface area contributed by atoms with Crippen LogP contribution in [0.2, 0.25) is 0 Å². The molecule has 140 valence electrons. The fraction of sp³-hybridized carbons (Fsp3) is 0.0526. The third kappa shape index (κ3) is 4.30. The number of nitrogens with one attached hydrogen (secondary N) is 2. The summed E-state index contributed by atoms with van der Waals surface area (Å²) in [6, 6.07) is 14.6. The van der Waals surface area contributed by atoms with Crippen molar-refractivity contribution in [3.8, 4) is 23.1 Å². The van der Waals surface area contributed by atoms with Gasteiger partial charge in [0.25, 0.3) is 5.56 Å². The second-order valence-corrected chi connectivity index (χ2v) is 7.20. The van der Waals surface area contributed by atoms with Crippen LogP contribution in [0.5, 0.6) is 5.75 Å². The lowest BCUT2D eigenvalue weighted by atomic mass is 10.1. The van der Waals surface area contributed by atoms with Crippen molar-refractivity contribution in [1.82, 2.24) is 9.97 Å². The van der Waals surface area contributed by atoms with E-state index in [-0.39, 0.29) is 17.2 Å². The fourth-order valence-electron chi connectivity index (χ4n) is 2.40. The molecule has 1 heterocycles. The number of rotatable bonds is 5. The molecule has 0 saturated heterocycles. The number of aromatic nitrogens is 2. The van der Waals surface area contributed by atoms with E-state index in [1.165, 1.54) is 0 Å². The number of H-pyrrole nitrogens is 1. The van der Waals surface area contributed by atoms with Gasteiger partial charge in [-0.25, -0.2) is 10.4 Å². The minimum atomic E-state index is -0.541. The SMILES string of the molecule is COc1cc(C=NNc2nc(-c3ccccc3)c(C#N)c(=O)[nH]2)c(Br)cc1Br. The highest BCUT2D eigenvalue weighted by Gasteiger charge is 2.13. The van der Waals surface area contributed by atoms with E-state index < -0.39 is 5.56 Å². The number of nitriles is 1. The number of ether oxygens (including phenoxy) is 1. The molecule has 0 atom stereocenters. The molecule has 9 heteroatoms. The lowest BCUT2D eigenvalue weighted by Crippen LogP contribution is -2.16. The summed E-state index contributed by atoms with van der Waals surface area (Å²) in [4.78, 5) is 19.1. The molecule has 0 saturated carbocycles. The molecule has 0 radical (unpaired) electrons. The van der Waals surface area contributed by atoms with Crippen LogP contribution in [-0.4, -0.2) is 23.3 Å². The van der Waals surface area contributed by atoms with E-state index >= 15 is 0 Å². The van der Waals surface area contributed by atoms with Gasteiger partial charge >= 0.3 is 0 Å². The summed E-state index contributed by atoms with van der Waals surface area (Å²) in [5.74, 6) is 0.778. The Morgan fingerprint density at radius 1 is 1.25 bits per heavy atom. The third-order valence-electron chi connectivity index (χ3n) is 3.72. The monoisotopic (exact) mass is 501 g/mol. The third-order valence-corrected chi connectivity index (χ3v) is 5.03. The molecular weight excluding hydrogens is 490 g/mol. The van der Waals surface area contributed by atoms with Crippen molar-refractivity contribution >= 4 is 44.0 Å². The van der Waals surface area contributed by atoms with Gasteiger partial charge in [-0.3, -0.25) is 9.78 Å². The van der Waals surface area contributed by atoms with Gasteiger partial charge in [0.2, 0.25) is 5.95 Å². The Kier molecular flexibility index (Phi) is 6.23. The van der Waals surface area contributed by atoms with Gasteiger partial charge in [-0.2, -0.15) is 10.4 Å². The molecule has 2 N–H and O–H groups in total. The van der Waals surface area contributed by atoms with Crippen LogP contribution >= 0.6 is 31.9 Å². The number of hydrogen-bond acceptors (Lipinski definition) is 6. The highest BCUT2D eigenvalue weighted by molar-refractivity contribution is 9.11. The van der Waals surface area contributed by atoms with Gasteiger partial charge in [-0.1, -0.05) is 46.3 Å². The predicted octanol–water partition coefficient (Wildman–Crippen LogP) is 4.29. The standard InChI is InChI=1S/C19H13Br2N5O2/c1-28-16-7-12(14(20)8-15(16)21)10-23-26-19-24-17(11-5-3-2-4-6-11)13(9-22)18(27)25-19/h2-8,10H,1H3,(H2,24,25,26,27). The largest absolute Gasteiger partial charge is 0.496 e. The van der Waals surface area contributed by atoms with Crippen LogP contribution in [0, 0.1) is 11.3 Å². The molecule has 2 aromatic carbocycles. The summed E-state index contributed by atoms with van der Waals surface area (Å²) >= 11 is 6.86. The molecule has 0 bridgehead atoms. The molecule has 7 nitrogen and oxygen atoms in total. The van der Waals surface area contributed by atoms with Gasteiger partial charge in [0, 0.05) is 15.6 Å². The van der Waals surface area contributed by atoms with Crippen LogP contribution in [0.15, 0.2) is 61.3 Å². The van der Waals surface area contributed by atoms with Crippen LogP contribution in [0.3, 0.4) is 0 Å². The van der Waals surface area contributed by atoms with Gasteiger partial charge < -0.3 is 4.74 Å². The number of nitrogens with zero attached hydrogens (tertiary/aromatic N) is 3. The minimum Gasteiger partial charge on any atom is -0.496 e. The molecule has 0 fully saturated rings. The Bertz CT molecular complexity index is 1140. The van der Waals surface area contributed by atoms with Crippen LogP contribution in [-0.2, 0) is 0 Å². The average molecular weight is 503 g/mol. The molecule has 3 aromatic rings. The van der Waals surface area contributed by atoms with Crippen molar-refractivity contribution in [3.63, 3.8) is 0 Å². The first-order chi connectivity index (χ1) is 13.5. The molecule has 1 aromatic heterocycles. The molecule has 0 aliphatic heterocycles. The lowest BCUT2D eigenvalue weighted by molar-refractivity contribution is 0.412. The van der Waals surface area contributed by atoms with Gasteiger partial charge in [0.05, 0.1) is 23.5 Å². The molecule has 0 amide bonds. The zero-order chi connectivity index (χ0) is 20.1. The number of aromatic amines is 1.